The molecule has 3 N–H and O–H groups in total. The molecule has 0 spiro atoms. The first-order valence-electron chi connectivity index (χ1n) is 12.1. The van der Waals surface area contributed by atoms with Crippen molar-refractivity contribution in [1.29, 1.82) is 0 Å². The Kier molecular flexibility index (Phi) is 8.81. The third-order valence-electron chi connectivity index (χ3n) is 5.80. The molecule has 196 valence electrons. The summed E-state index contributed by atoms with van der Waals surface area (Å²) in [4.78, 5) is 18.1. The van der Waals surface area contributed by atoms with Crippen LogP contribution in [0.2, 0.25) is 5.02 Å². The molecule has 0 amide bonds. The van der Waals surface area contributed by atoms with Crippen LogP contribution in [0.1, 0.15) is 24.2 Å². The van der Waals surface area contributed by atoms with Gasteiger partial charge in [0.15, 0.2) is 0 Å². The summed E-state index contributed by atoms with van der Waals surface area (Å²) in [6.07, 6.45) is 0.747. The number of nitrogens with zero attached hydrogens (tertiary/aromatic N) is 3. The summed E-state index contributed by atoms with van der Waals surface area (Å²) in [5, 5.41) is 0.842. The molecule has 0 saturated heterocycles. The molecule has 3 aromatic carbocycles. The number of para-hydroxylation sites is 1. The first-order valence-corrected chi connectivity index (χ1v) is 13.9. The molecule has 4 aromatic rings. The summed E-state index contributed by atoms with van der Waals surface area (Å²) in [5.41, 5.74) is 10.5. The second-order valence-electron chi connectivity index (χ2n) is 8.63. The molecule has 10 heteroatoms. The molecule has 1 aromatic heterocycles. The van der Waals surface area contributed by atoms with E-state index >= 15 is 0 Å². The Bertz CT molecular complexity index is 1640. The second kappa shape index (κ2) is 12.2. The highest BCUT2D eigenvalue weighted by Gasteiger charge is 2.23. The molecule has 0 atom stereocenters. The fourth-order valence-corrected chi connectivity index (χ4v) is 5.44. The molecule has 0 unspecified atom stereocenters. The lowest BCUT2D eigenvalue weighted by atomic mass is 10.2. The van der Waals surface area contributed by atoms with Crippen LogP contribution in [0.25, 0.3) is 10.9 Å². The van der Waals surface area contributed by atoms with Crippen LogP contribution in [0.5, 0.6) is 0 Å². The van der Waals surface area contributed by atoms with Gasteiger partial charge in [-0.2, -0.15) is 8.98 Å². The van der Waals surface area contributed by atoms with E-state index in [-0.39, 0.29) is 35.8 Å². The number of nitrogens with one attached hydrogen (secondary N) is 1. The van der Waals surface area contributed by atoms with E-state index in [9.17, 15) is 13.2 Å². The Morgan fingerprint density at radius 3 is 2.50 bits per heavy atom. The Balaban J connectivity index is 1.64. The summed E-state index contributed by atoms with van der Waals surface area (Å²) in [5.74, 6) is 6.12. The number of anilines is 1. The SMILES string of the molecule is Cc1ccc(S(=O)(=O)N(CCC#Cc2nc3cc(Cl)ccc3c(=O)n2Nc2ccccc2)CCCN)cc1. The quantitative estimate of drug-likeness (QED) is 0.305. The lowest BCUT2D eigenvalue weighted by molar-refractivity contribution is 0.413. The number of aromatic nitrogens is 2. The van der Waals surface area contributed by atoms with E-state index in [2.05, 4.69) is 22.3 Å². The monoisotopic (exact) mass is 549 g/mol. The second-order valence-corrected chi connectivity index (χ2v) is 11.0. The van der Waals surface area contributed by atoms with Gasteiger partial charge in [-0.25, -0.2) is 13.4 Å². The van der Waals surface area contributed by atoms with Crippen LogP contribution in [-0.2, 0) is 10.0 Å². The van der Waals surface area contributed by atoms with Crippen LogP contribution in [0, 0.1) is 18.8 Å². The predicted octanol–water partition coefficient (Wildman–Crippen LogP) is 4.01. The van der Waals surface area contributed by atoms with E-state index in [1.165, 1.54) is 8.98 Å². The molecular formula is C28H28ClN5O3S. The summed E-state index contributed by atoms with van der Waals surface area (Å²) >= 11 is 6.13. The fourth-order valence-electron chi connectivity index (χ4n) is 3.79. The van der Waals surface area contributed by atoms with Crippen molar-refractivity contribution in [2.45, 2.75) is 24.7 Å². The number of fused-ring (bicyclic) bond motifs is 1. The van der Waals surface area contributed by atoms with Gasteiger partial charge in [-0.1, -0.05) is 53.4 Å². The third-order valence-corrected chi connectivity index (χ3v) is 7.95. The Hall–Kier alpha value is -3.68. The van der Waals surface area contributed by atoms with Gasteiger partial charge < -0.3 is 5.73 Å². The van der Waals surface area contributed by atoms with Crippen molar-refractivity contribution in [3.63, 3.8) is 0 Å². The minimum atomic E-state index is -3.71. The molecule has 0 aliphatic rings. The van der Waals surface area contributed by atoms with Crippen molar-refractivity contribution in [1.82, 2.24) is 14.0 Å². The highest BCUT2D eigenvalue weighted by atomic mass is 35.5. The number of rotatable bonds is 9. The van der Waals surface area contributed by atoms with Crippen LogP contribution < -0.4 is 16.7 Å². The van der Waals surface area contributed by atoms with Crippen molar-refractivity contribution in [2.24, 2.45) is 5.73 Å². The zero-order chi connectivity index (χ0) is 27.1. The highest BCUT2D eigenvalue weighted by molar-refractivity contribution is 7.89. The van der Waals surface area contributed by atoms with Gasteiger partial charge in [0.1, 0.15) is 0 Å². The summed E-state index contributed by atoms with van der Waals surface area (Å²) in [6, 6.07) is 20.8. The molecule has 0 aliphatic heterocycles. The molecule has 0 fully saturated rings. The van der Waals surface area contributed by atoms with Crippen molar-refractivity contribution < 1.29 is 8.42 Å². The largest absolute Gasteiger partial charge is 0.330 e. The minimum Gasteiger partial charge on any atom is -0.330 e. The van der Waals surface area contributed by atoms with Gasteiger partial charge in [-0.05, 0) is 68.3 Å². The zero-order valence-corrected chi connectivity index (χ0v) is 22.5. The smallest absolute Gasteiger partial charge is 0.281 e. The first-order chi connectivity index (χ1) is 18.3. The average Bonchev–Trinajstić information content (AvgIpc) is 2.90. The number of hydrogen-bond donors (Lipinski definition) is 2. The molecule has 0 saturated carbocycles. The molecule has 1 heterocycles. The molecule has 38 heavy (non-hydrogen) atoms. The van der Waals surface area contributed by atoms with Crippen LogP contribution >= 0.6 is 11.6 Å². The molecule has 0 bridgehead atoms. The lowest BCUT2D eigenvalue weighted by Gasteiger charge is -2.21. The third kappa shape index (κ3) is 6.41. The topological polar surface area (TPSA) is 110 Å². The Morgan fingerprint density at radius 2 is 1.79 bits per heavy atom. The highest BCUT2D eigenvalue weighted by Crippen LogP contribution is 2.18. The molecule has 0 aliphatic carbocycles. The van der Waals surface area contributed by atoms with Gasteiger partial charge in [-0.3, -0.25) is 10.2 Å². The van der Waals surface area contributed by atoms with Crippen molar-refractivity contribution >= 4 is 38.2 Å². The number of nitrogens with two attached hydrogens (primary N) is 1. The van der Waals surface area contributed by atoms with Gasteiger partial charge in [0, 0.05) is 24.5 Å². The average molecular weight is 550 g/mol. The van der Waals surface area contributed by atoms with E-state index in [4.69, 9.17) is 17.3 Å². The number of hydrogen-bond acceptors (Lipinski definition) is 6. The van der Waals surface area contributed by atoms with Gasteiger partial charge >= 0.3 is 0 Å². The maximum absolute atomic E-state index is 13.3. The van der Waals surface area contributed by atoms with E-state index in [1.54, 1.807) is 42.5 Å². The van der Waals surface area contributed by atoms with Crippen LogP contribution in [0.3, 0.4) is 0 Å². The Labute approximate surface area is 227 Å². The summed E-state index contributed by atoms with van der Waals surface area (Å²) < 4.78 is 29.2. The Morgan fingerprint density at radius 1 is 1.05 bits per heavy atom. The van der Waals surface area contributed by atoms with Crippen molar-refractivity contribution in [3.8, 4) is 11.8 Å². The fraction of sp³-hybridized carbons (Fsp3) is 0.214. The number of sulfonamides is 1. The van der Waals surface area contributed by atoms with Crippen LogP contribution in [-0.4, -0.2) is 42.0 Å². The summed E-state index contributed by atoms with van der Waals surface area (Å²) in [7, 11) is -3.71. The maximum atomic E-state index is 13.3. The molecular weight excluding hydrogens is 522 g/mol. The number of benzene rings is 3. The zero-order valence-electron chi connectivity index (χ0n) is 20.9. The molecule has 8 nitrogen and oxygen atoms in total. The van der Waals surface area contributed by atoms with E-state index in [0.717, 1.165) is 5.56 Å². The molecule has 4 rings (SSSR count). The minimum absolute atomic E-state index is 0.166. The van der Waals surface area contributed by atoms with Gasteiger partial charge in [0.25, 0.3) is 5.56 Å². The number of halogens is 1. The van der Waals surface area contributed by atoms with Gasteiger partial charge in [0.05, 0.1) is 21.5 Å². The molecule has 0 radical (unpaired) electrons. The lowest BCUT2D eigenvalue weighted by Crippen LogP contribution is -2.34. The number of aryl methyl sites for hydroxylation is 1. The standard InChI is InChI=1S/C28H28ClN5O3S/c1-21-11-14-24(15-12-21)38(36,37)33(19-7-17-30)18-6-5-10-27-31-26-20-22(29)13-16-25(26)28(35)34(27)32-23-8-3-2-4-9-23/h2-4,8-9,11-16,20,32H,6-7,17-19,30H2,1H3. The first kappa shape index (κ1) is 27.4. The predicted molar refractivity (Wildman–Crippen MR) is 152 cm³/mol. The van der Waals surface area contributed by atoms with E-state index in [0.29, 0.717) is 34.6 Å². The van der Waals surface area contributed by atoms with Gasteiger partial charge in [0.2, 0.25) is 15.8 Å². The van der Waals surface area contributed by atoms with Crippen molar-refractivity contribution in [2.75, 3.05) is 25.1 Å². The van der Waals surface area contributed by atoms with E-state index in [1.807, 2.05) is 37.3 Å². The maximum Gasteiger partial charge on any atom is 0.281 e. The van der Waals surface area contributed by atoms with E-state index < -0.39 is 10.0 Å². The summed E-state index contributed by atoms with van der Waals surface area (Å²) in [6.45, 7) is 2.71. The van der Waals surface area contributed by atoms with Gasteiger partial charge in [-0.15, -0.1) is 0 Å². The normalized spacial score (nSPS) is 11.4. The van der Waals surface area contributed by atoms with Crippen molar-refractivity contribution in [3.05, 3.63) is 99.6 Å². The van der Waals surface area contributed by atoms with Crippen LogP contribution in [0.15, 0.2) is 82.5 Å². The van der Waals surface area contributed by atoms with Crippen LogP contribution in [0.4, 0.5) is 5.69 Å².